The number of anilines is 1. The maximum absolute atomic E-state index is 12.5. The minimum atomic E-state index is -0.142. The van der Waals surface area contributed by atoms with Gasteiger partial charge in [0.25, 0.3) is 5.91 Å². The van der Waals surface area contributed by atoms with Gasteiger partial charge in [-0.2, -0.15) is 0 Å². The molecule has 134 valence electrons. The van der Waals surface area contributed by atoms with E-state index in [1.807, 2.05) is 50.2 Å². The molecule has 25 heavy (non-hydrogen) atoms. The summed E-state index contributed by atoms with van der Waals surface area (Å²) in [4.78, 5) is 12.5. The van der Waals surface area contributed by atoms with Crippen molar-refractivity contribution in [3.63, 3.8) is 0 Å². The summed E-state index contributed by atoms with van der Waals surface area (Å²) < 4.78 is 11.4. The van der Waals surface area contributed by atoms with Crippen LogP contribution in [0.15, 0.2) is 42.5 Å². The monoisotopic (exact) mass is 341 g/mol. The highest BCUT2D eigenvalue weighted by atomic mass is 16.5. The fourth-order valence-corrected chi connectivity index (χ4v) is 2.37. The molecule has 4 nitrogen and oxygen atoms in total. The van der Waals surface area contributed by atoms with Crippen molar-refractivity contribution in [2.75, 3.05) is 18.5 Å². The highest BCUT2D eigenvalue weighted by Crippen LogP contribution is 2.22. The highest BCUT2D eigenvalue weighted by Gasteiger charge is 2.11. The van der Waals surface area contributed by atoms with Gasteiger partial charge in [-0.3, -0.25) is 4.79 Å². The van der Waals surface area contributed by atoms with Crippen LogP contribution in [0.3, 0.4) is 0 Å². The predicted molar refractivity (Wildman–Crippen MR) is 101 cm³/mol. The quantitative estimate of drug-likeness (QED) is 0.749. The molecule has 4 heteroatoms. The molecule has 0 radical (unpaired) electrons. The first-order valence-corrected chi connectivity index (χ1v) is 8.71. The molecule has 0 aromatic heterocycles. The normalized spacial score (nSPS) is 10.8. The van der Waals surface area contributed by atoms with Crippen LogP contribution in [0.25, 0.3) is 0 Å². The molecule has 0 saturated carbocycles. The van der Waals surface area contributed by atoms with E-state index >= 15 is 0 Å². The summed E-state index contributed by atoms with van der Waals surface area (Å²) in [5, 5.41) is 2.92. The second kappa shape index (κ2) is 9.23. The molecule has 0 bridgehead atoms. The van der Waals surface area contributed by atoms with E-state index in [1.54, 1.807) is 6.07 Å². The number of carbonyl (C=O) groups excluding carboxylic acids is 1. The maximum atomic E-state index is 12.5. The first-order chi connectivity index (χ1) is 12.0. The molecule has 0 aliphatic carbocycles. The Kier molecular flexibility index (Phi) is 7.02. The first kappa shape index (κ1) is 19.0. The van der Waals surface area contributed by atoms with Gasteiger partial charge in [-0.1, -0.05) is 31.5 Å². The highest BCUT2D eigenvalue weighted by molar-refractivity contribution is 6.04. The average molecular weight is 341 g/mol. The van der Waals surface area contributed by atoms with Crippen LogP contribution in [0.1, 0.15) is 42.3 Å². The Morgan fingerprint density at radius 3 is 2.48 bits per heavy atom. The Morgan fingerprint density at radius 2 is 1.84 bits per heavy atom. The Balaban J connectivity index is 2.13. The van der Waals surface area contributed by atoms with Crippen molar-refractivity contribution in [1.29, 1.82) is 0 Å². The van der Waals surface area contributed by atoms with E-state index in [0.717, 1.165) is 22.6 Å². The number of nitrogens with one attached hydrogen (secondary N) is 1. The van der Waals surface area contributed by atoms with E-state index in [1.165, 1.54) is 0 Å². The maximum Gasteiger partial charge on any atom is 0.255 e. The Labute approximate surface area is 150 Å². The van der Waals surface area contributed by atoms with Gasteiger partial charge in [-0.05, 0) is 50.1 Å². The van der Waals surface area contributed by atoms with Crippen molar-refractivity contribution in [3.8, 4) is 5.75 Å². The number of amides is 1. The lowest BCUT2D eigenvalue weighted by atomic mass is 10.1. The van der Waals surface area contributed by atoms with Gasteiger partial charge in [0.15, 0.2) is 0 Å². The van der Waals surface area contributed by atoms with Crippen LogP contribution in [-0.4, -0.2) is 19.1 Å². The van der Waals surface area contributed by atoms with Crippen LogP contribution in [0.4, 0.5) is 5.69 Å². The lowest BCUT2D eigenvalue weighted by Gasteiger charge is -2.14. The molecule has 2 rings (SSSR count). The average Bonchev–Trinajstić information content (AvgIpc) is 2.58. The molecule has 0 spiro atoms. The third kappa shape index (κ3) is 5.91. The van der Waals surface area contributed by atoms with Crippen LogP contribution < -0.4 is 10.1 Å². The van der Waals surface area contributed by atoms with E-state index in [9.17, 15) is 4.79 Å². The van der Waals surface area contributed by atoms with Gasteiger partial charge >= 0.3 is 0 Å². The second-order valence-corrected chi connectivity index (χ2v) is 6.48. The van der Waals surface area contributed by atoms with Crippen LogP contribution in [0, 0.1) is 12.8 Å². The van der Waals surface area contributed by atoms with Crippen LogP contribution >= 0.6 is 0 Å². The van der Waals surface area contributed by atoms with Crippen molar-refractivity contribution in [1.82, 2.24) is 0 Å². The van der Waals surface area contributed by atoms with Gasteiger partial charge in [0.1, 0.15) is 5.75 Å². The number of hydrogen-bond donors (Lipinski definition) is 1. The summed E-state index contributed by atoms with van der Waals surface area (Å²) >= 11 is 0. The number of benzene rings is 2. The molecule has 2 aromatic carbocycles. The first-order valence-electron chi connectivity index (χ1n) is 8.71. The topological polar surface area (TPSA) is 47.6 Å². The second-order valence-electron chi connectivity index (χ2n) is 6.48. The molecule has 0 atom stereocenters. The Hall–Kier alpha value is -2.33. The van der Waals surface area contributed by atoms with Crippen LogP contribution in [-0.2, 0) is 11.3 Å². The molecule has 0 saturated heterocycles. The zero-order chi connectivity index (χ0) is 18.2. The van der Waals surface area contributed by atoms with Crippen molar-refractivity contribution >= 4 is 11.6 Å². The van der Waals surface area contributed by atoms with Gasteiger partial charge in [-0.15, -0.1) is 0 Å². The van der Waals surface area contributed by atoms with Crippen molar-refractivity contribution in [2.45, 2.75) is 34.3 Å². The van der Waals surface area contributed by atoms with Crippen molar-refractivity contribution < 1.29 is 14.3 Å². The molecule has 0 fully saturated rings. The minimum Gasteiger partial charge on any atom is -0.494 e. The summed E-state index contributed by atoms with van der Waals surface area (Å²) in [6.07, 6.45) is 0. The summed E-state index contributed by atoms with van der Waals surface area (Å²) in [6, 6.07) is 13.2. The van der Waals surface area contributed by atoms with Gasteiger partial charge in [-0.25, -0.2) is 0 Å². The molecule has 2 aromatic rings. The molecule has 1 N–H and O–H groups in total. The smallest absolute Gasteiger partial charge is 0.255 e. The van der Waals surface area contributed by atoms with E-state index in [-0.39, 0.29) is 5.91 Å². The molecule has 1 amide bonds. The molecular formula is C21H27NO3. The van der Waals surface area contributed by atoms with E-state index < -0.39 is 0 Å². The SMILES string of the molecule is CCOc1ccc(C(=O)Nc2ccc(C)cc2)cc1COCC(C)C. The number of carbonyl (C=O) groups is 1. The summed E-state index contributed by atoms with van der Waals surface area (Å²) in [6.45, 7) is 9.85. The third-order valence-corrected chi connectivity index (χ3v) is 3.64. The fourth-order valence-electron chi connectivity index (χ4n) is 2.37. The predicted octanol–water partition coefficient (Wildman–Crippen LogP) is 4.82. The molecule has 0 aliphatic rings. The summed E-state index contributed by atoms with van der Waals surface area (Å²) in [7, 11) is 0. The third-order valence-electron chi connectivity index (χ3n) is 3.64. The number of rotatable bonds is 8. The lowest BCUT2D eigenvalue weighted by molar-refractivity contribution is 0.0948. The molecule has 0 unspecified atom stereocenters. The van der Waals surface area contributed by atoms with E-state index in [0.29, 0.717) is 31.3 Å². The largest absolute Gasteiger partial charge is 0.494 e. The molecule has 0 heterocycles. The molecular weight excluding hydrogens is 314 g/mol. The van der Waals surface area contributed by atoms with Gasteiger partial charge in [0.05, 0.1) is 13.2 Å². The number of ether oxygens (including phenoxy) is 2. The number of aryl methyl sites for hydroxylation is 1. The minimum absolute atomic E-state index is 0.142. The lowest BCUT2D eigenvalue weighted by Crippen LogP contribution is -2.13. The standard InChI is InChI=1S/C21H27NO3/c1-5-25-20-11-8-17(12-18(20)14-24-13-15(2)3)21(23)22-19-9-6-16(4)7-10-19/h6-12,15H,5,13-14H2,1-4H3,(H,22,23). The van der Waals surface area contributed by atoms with Gasteiger partial charge < -0.3 is 14.8 Å². The Bertz CT molecular complexity index is 693. The van der Waals surface area contributed by atoms with E-state index in [2.05, 4.69) is 19.2 Å². The molecule has 0 aliphatic heterocycles. The Morgan fingerprint density at radius 1 is 1.12 bits per heavy atom. The summed E-state index contributed by atoms with van der Waals surface area (Å²) in [5.41, 5.74) is 3.41. The number of hydrogen-bond acceptors (Lipinski definition) is 3. The van der Waals surface area contributed by atoms with Gasteiger partial charge in [0.2, 0.25) is 0 Å². The summed E-state index contributed by atoms with van der Waals surface area (Å²) in [5.74, 6) is 1.08. The van der Waals surface area contributed by atoms with Gasteiger partial charge in [0, 0.05) is 23.4 Å². The van der Waals surface area contributed by atoms with Crippen molar-refractivity contribution in [3.05, 3.63) is 59.2 Å². The van der Waals surface area contributed by atoms with Crippen molar-refractivity contribution in [2.24, 2.45) is 5.92 Å². The van der Waals surface area contributed by atoms with Crippen LogP contribution in [0.5, 0.6) is 5.75 Å². The zero-order valence-corrected chi connectivity index (χ0v) is 15.5. The van der Waals surface area contributed by atoms with Crippen LogP contribution in [0.2, 0.25) is 0 Å². The van der Waals surface area contributed by atoms with E-state index in [4.69, 9.17) is 9.47 Å². The zero-order valence-electron chi connectivity index (χ0n) is 15.5. The fraction of sp³-hybridized carbons (Fsp3) is 0.381.